The van der Waals surface area contributed by atoms with E-state index in [1.54, 1.807) is 0 Å². The molecule has 3 nitrogen and oxygen atoms in total. The van der Waals surface area contributed by atoms with Crippen LogP contribution in [0.4, 0.5) is 5.69 Å². The van der Waals surface area contributed by atoms with E-state index in [2.05, 4.69) is 38.7 Å². The zero-order valence-corrected chi connectivity index (χ0v) is 13.8. The number of carbonyl (C=O) groups excluding carboxylic acids is 1. The monoisotopic (exact) mass is 364 g/mol. The molecule has 0 aromatic heterocycles. The van der Waals surface area contributed by atoms with Crippen LogP contribution in [0.5, 0.6) is 0 Å². The van der Waals surface area contributed by atoms with Gasteiger partial charge >= 0.3 is 0 Å². The maximum Gasteiger partial charge on any atom is 0.228 e. The van der Waals surface area contributed by atoms with Crippen LogP contribution in [0, 0.1) is 0 Å². The number of nitrogens with one attached hydrogen (secondary N) is 2. The Hall–Kier alpha value is -1.36. The Morgan fingerprint density at radius 3 is 2.67 bits per heavy atom. The van der Waals surface area contributed by atoms with Crippen molar-refractivity contribution >= 4 is 39.1 Å². The molecular weight excluding hydrogens is 352 g/mol. The highest BCUT2D eigenvalue weighted by Crippen LogP contribution is 2.35. The molecule has 0 fully saturated rings. The number of hydrogen-bond acceptors (Lipinski definition) is 2. The first-order chi connectivity index (χ1) is 10.1. The molecule has 2 aromatic rings. The minimum atomic E-state index is -0.00778. The topological polar surface area (TPSA) is 41.1 Å². The third kappa shape index (κ3) is 2.84. The molecule has 2 aromatic carbocycles. The molecule has 1 unspecified atom stereocenters. The molecular formula is C16H14BrClN2O. The summed E-state index contributed by atoms with van der Waals surface area (Å²) < 4.78 is 1.04. The molecule has 2 N–H and O–H groups in total. The second-order valence-electron chi connectivity index (χ2n) is 5.03. The Bertz CT molecular complexity index is 700. The Morgan fingerprint density at radius 2 is 2.00 bits per heavy atom. The normalized spacial score (nSPS) is 14.7. The van der Waals surface area contributed by atoms with Crippen LogP contribution < -0.4 is 10.6 Å². The molecule has 1 heterocycles. The summed E-state index contributed by atoms with van der Waals surface area (Å²) in [6.45, 7) is 0. The van der Waals surface area contributed by atoms with Gasteiger partial charge in [0.15, 0.2) is 0 Å². The zero-order valence-electron chi connectivity index (χ0n) is 11.4. The third-order valence-corrected chi connectivity index (χ3v) is 4.51. The summed E-state index contributed by atoms with van der Waals surface area (Å²) in [6.07, 6.45) is 0.413. The van der Waals surface area contributed by atoms with Crippen LogP contribution in [-0.2, 0) is 11.2 Å². The molecule has 0 saturated carbocycles. The van der Waals surface area contributed by atoms with Gasteiger partial charge in [-0.25, -0.2) is 0 Å². The largest absolute Gasteiger partial charge is 0.325 e. The van der Waals surface area contributed by atoms with Crippen molar-refractivity contribution in [3.05, 3.63) is 62.6 Å². The summed E-state index contributed by atoms with van der Waals surface area (Å²) >= 11 is 9.85. The lowest BCUT2D eigenvalue weighted by Crippen LogP contribution is -2.18. The molecule has 0 bridgehead atoms. The molecule has 0 aliphatic carbocycles. The molecule has 1 aliphatic heterocycles. The molecule has 108 valence electrons. The average molecular weight is 366 g/mol. The standard InChI is InChI=1S/C16H14BrClN2O/c1-19-16(9-2-4-11(17)5-3-9)12-6-10-7-15(21)20-14(10)8-13(12)18/h2-6,8,16,19H,7H2,1H3,(H,20,21). The summed E-state index contributed by atoms with van der Waals surface area (Å²) in [5.74, 6) is 0.0165. The molecule has 1 aliphatic rings. The van der Waals surface area contributed by atoms with E-state index in [0.29, 0.717) is 11.4 Å². The van der Waals surface area contributed by atoms with Crippen molar-refractivity contribution < 1.29 is 4.79 Å². The fraction of sp³-hybridized carbons (Fsp3) is 0.188. The minimum absolute atomic E-state index is 0.00778. The van der Waals surface area contributed by atoms with Gasteiger partial charge in [0.05, 0.1) is 12.5 Å². The number of rotatable bonds is 3. The zero-order chi connectivity index (χ0) is 15.0. The van der Waals surface area contributed by atoms with Gasteiger partial charge < -0.3 is 10.6 Å². The van der Waals surface area contributed by atoms with E-state index in [9.17, 15) is 4.79 Å². The number of anilines is 1. The van der Waals surface area contributed by atoms with Crippen LogP contribution in [0.3, 0.4) is 0 Å². The van der Waals surface area contributed by atoms with Gasteiger partial charge in [-0.2, -0.15) is 0 Å². The van der Waals surface area contributed by atoms with Crippen LogP contribution in [0.1, 0.15) is 22.7 Å². The van der Waals surface area contributed by atoms with Gasteiger partial charge in [-0.15, -0.1) is 0 Å². The molecule has 5 heteroatoms. The van der Waals surface area contributed by atoms with Crippen LogP contribution in [0.2, 0.25) is 5.02 Å². The lowest BCUT2D eigenvalue weighted by atomic mass is 9.96. The van der Waals surface area contributed by atoms with Gasteiger partial charge in [-0.05, 0) is 48.0 Å². The van der Waals surface area contributed by atoms with Gasteiger partial charge in [0.2, 0.25) is 5.91 Å². The molecule has 0 saturated heterocycles. The highest BCUT2D eigenvalue weighted by atomic mass is 79.9. The predicted octanol–water partition coefficient (Wildman–Crippen LogP) is 3.91. The van der Waals surface area contributed by atoms with Crippen molar-refractivity contribution in [3.8, 4) is 0 Å². The van der Waals surface area contributed by atoms with E-state index in [1.807, 2.05) is 31.3 Å². The van der Waals surface area contributed by atoms with Crippen molar-refractivity contribution in [2.45, 2.75) is 12.5 Å². The van der Waals surface area contributed by atoms with Crippen molar-refractivity contribution in [3.63, 3.8) is 0 Å². The van der Waals surface area contributed by atoms with E-state index in [-0.39, 0.29) is 11.9 Å². The quantitative estimate of drug-likeness (QED) is 0.866. The van der Waals surface area contributed by atoms with Crippen molar-refractivity contribution in [1.82, 2.24) is 5.32 Å². The highest BCUT2D eigenvalue weighted by molar-refractivity contribution is 9.10. The van der Waals surface area contributed by atoms with Gasteiger partial charge in [0.25, 0.3) is 0 Å². The van der Waals surface area contributed by atoms with Crippen LogP contribution in [-0.4, -0.2) is 13.0 Å². The second kappa shape index (κ2) is 5.79. The fourth-order valence-corrected chi connectivity index (χ4v) is 3.18. The summed E-state index contributed by atoms with van der Waals surface area (Å²) in [7, 11) is 1.90. The molecule has 0 spiro atoms. The number of hydrogen-bond donors (Lipinski definition) is 2. The Morgan fingerprint density at radius 1 is 1.29 bits per heavy atom. The van der Waals surface area contributed by atoms with Crippen molar-refractivity contribution in [1.29, 1.82) is 0 Å². The van der Waals surface area contributed by atoms with Gasteiger partial charge in [0, 0.05) is 15.2 Å². The van der Waals surface area contributed by atoms with E-state index in [4.69, 9.17) is 11.6 Å². The van der Waals surface area contributed by atoms with Crippen molar-refractivity contribution in [2.75, 3.05) is 12.4 Å². The number of benzene rings is 2. The summed E-state index contributed by atoms with van der Waals surface area (Å²) in [5, 5.41) is 6.76. The molecule has 21 heavy (non-hydrogen) atoms. The van der Waals surface area contributed by atoms with Gasteiger partial charge in [0.1, 0.15) is 0 Å². The second-order valence-corrected chi connectivity index (χ2v) is 6.35. The smallest absolute Gasteiger partial charge is 0.228 e. The first kappa shape index (κ1) is 14.6. The minimum Gasteiger partial charge on any atom is -0.325 e. The van der Waals surface area contributed by atoms with Gasteiger partial charge in [-0.1, -0.05) is 39.7 Å². The van der Waals surface area contributed by atoms with Crippen LogP contribution in [0.15, 0.2) is 40.9 Å². The van der Waals surface area contributed by atoms with Crippen LogP contribution >= 0.6 is 27.5 Å². The molecule has 1 amide bonds. The number of halogens is 2. The Labute approximate surface area is 136 Å². The number of amides is 1. The maximum absolute atomic E-state index is 11.5. The lowest BCUT2D eigenvalue weighted by Gasteiger charge is -2.19. The molecule has 3 rings (SSSR count). The summed E-state index contributed by atoms with van der Waals surface area (Å²) in [6, 6.07) is 12.0. The molecule has 1 atom stereocenters. The number of fused-ring (bicyclic) bond motifs is 1. The average Bonchev–Trinajstić information content (AvgIpc) is 2.81. The Kier molecular flexibility index (Phi) is 4.02. The summed E-state index contributed by atoms with van der Waals surface area (Å²) in [4.78, 5) is 11.5. The maximum atomic E-state index is 11.5. The van der Waals surface area contributed by atoms with Gasteiger partial charge in [-0.3, -0.25) is 4.79 Å². The first-order valence-electron chi connectivity index (χ1n) is 6.63. The number of carbonyl (C=O) groups is 1. The highest BCUT2D eigenvalue weighted by Gasteiger charge is 2.23. The third-order valence-electron chi connectivity index (χ3n) is 3.65. The fourth-order valence-electron chi connectivity index (χ4n) is 2.65. The van der Waals surface area contributed by atoms with E-state index >= 15 is 0 Å². The van der Waals surface area contributed by atoms with Crippen LogP contribution in [0.25, 0.3) is 0 Å². The first-order valence-corrected chi connectivity index (χ1v) is 7.80. The Balaban J connectivity index is 2.03. The van der Waals surface area contributed by atoms with E-state index in [0.717, 1.165) is 26.9 Å². The van der Waals surface area contributed by atoms with Crippen molar-refractivity contribution in [2.24, 2.45) is 0 Å². The molecule has 0 radical (unpaired) electrons. The van der Waals surface area contributed by atoms with E-state index in [1.165, 1.54) is 0 Å². The SMILES string of the molecule is CNC(c1ccc(Br)cc1)c1cc2c(cc1Cl)NC(=O)C2. The lowest BCUT2D eigenvalue weighted by molar-refractivity contribution is -0.115. The summed E-state index contributed by atoms with van der Waals surface area (Å²) in [5.41, 5.74) is 3.92. The predicted molar refractivity (Wildman–Crippen MR) is 88.8 cm³/mol. The van der Waals surface area contributed by atoms with E-state index < -0.39 is 0 Å².